The minimum Gasteiger partial charge on any atom is -0.416 e. The normalized spacial score (nSPS) is 10.6. The summed E-state index contributed by atoms with van der Waals surface area (Å²) in [6.07, 6.45) is 0. The van der Waals surface area contributed by atoms with Crippen molar-refractivity contribution in [2.24, 2.45) is 0 Å². The first-order valence-corrected chi connectivity index (χ1v) is 6.84. The molecule has 0 atom stereocenters. The lowest BCUT2D eigenvalue weighted by molar-refractivity contribution is -0.384. The van der Waals surface area contributed by atoms with Crippen molar-refractivity contribution in [2.45, 2.75) is 0 Å². The Morgan fingerprint density at radius 3 is 2.18 bits per heavy atom. The third kappa shape index (κ3) is 2.79. The van der Waals surface area contributed by atoms with Crippen LogP contribution in [0.15, 0.2) is 46.9 Å². The van der Waals surface area contributed by atoms with Gasteiger partial charge in [-0.3, -0.25) is 10.1 Å². The molecule has 0 radical (unpaired) electrons. The molecule has 0 N–H and O–H groups in total. The van der Waals surface area contributed by atoms with Crippen LogP contribution in [0.1, 0.15) is 0 Å². The van der Waals surface area contributed by atoms with E-state index in [0.717, 1.165) is 0 Å². The largest absolute Gasteiger partial charge is 0.416 e. The summed E-state index contributed by atoms with van der Waals surface area (Å²) in [6, 6.07) is 11.2. The molecule has 22 heavy (non-hydrogen) atoms. The zero-order valence-corrected chi connectivity index (χ0v) is 12.4. The molecule has 6 nitrogen and oxygen atoms in total. The second-order valence-electron chi connectivity index (χ2n) is 4.34. The van der Waals surface area contributed by atoms with Crippen LogP contribution in [0.2, 0.25) is 10.0 Å². The fourth-order valence-corrected chi connectivity index (χ4v) is 2.15. The molecule has 0 aliphatic heterocycles. The number of halogens is 2. The van der Waals surface area contributed by atoms with Gasteiger partial charge >= 0.3 is 0 Å². The Morgan fingerprint density at radius 1 is 0.955 bits per heavy atom. The highest BCUT2D eigenvalue weighted by Gasteiger charge is 2.17. The Hall–Kier alpha value is -2.44. The summed E-state index contributed by atoms with van der Waals surface area (Å²) in [4.78, 5) is 10.3. The molecule has 0 bridgehead atoms. The molecule has 1 aromatic heterocycles. The molecule has 8 heteroatoms. The van der Waals surface area contributed by atoms with Crippen molar-refractivity contribution in [1.82, 2.24) is 10.2 Å². The minimum atomic E-state index is -0.567. The predicted octanol–water partition coefficient (Wildman–Crippen LogP) is 4.62. The first-order chi connectivity index (χ1) is 10.5. The van der Waals surface area contributed by atoms with Crippen LogP contribution >= 0.6 is 23.2 Å². The molecular weight excluding hydrogens is 329 g/mol. The lowest BCUT2D eigenvalue weighted by Crippen LogP contribution is -1.90. The molecule has 0 aliphatic rings. The fourth-order valence-electron chi connectivity index (χ4n) is 1.83. The van der Waals surface area contributed by atoms with E-state index in [1.807, 2.05) is 0 Å². The van der Waals surface area contributed by atoms with Crippen LogP contribution in [0.25, 0.3) is 22.9 Å². The number of nitro benzene ring substituents is 1. The molecule has 0 fully saturated rings. The topological polar surface area (TPSA) is 82.1 Å². The highest BCUT2D eigenvalue weighted by atomic mass is 35.5. The second-order valence-corrected chi connectivity index (χ2v) is 5.19. The van der Waals surface area contributed by atoms with E-state index < -0.39 is 4.92 Å². The van der Waals surface area contributed by atoms with Crippen LogP contribution in [0, 0.1) is 10.1 Å². The zero-order valence-electron chi connectivity index (χ0n) is 10.9. The summed E-state index contributed by atoms with van der Waals surface area (Å²) in [5.41, 5.74) is 0.904. The highest BCUT2D eigenvalue weighted by molar-refractivity contribution is 6.32. The molecule has 110 valence electrons. The van der Waals surface area contributed by atoms with Crippen LogP contribution in [0.5, 0.6) is 0 Å². The van der Waals surface area contributed by atoms with Crippen molar-refractivity contribution < 1.29 is 9.34 Å². The van der Waals surface area contributed by atoms with E-state index in [1.54, 1.807) is 30.3 Å². The van der Waals surface area contributed by atoms with Gasteiger partial charge in [0.2, 0.25) is 11.8 Å². The summed E-state index contributed by atoms with van der Waals surface area (Å²) < 4.78 is 5.54. The Kier molecular flexibility index (Phi) is 3.79. The van der Waals surface area contributed by atoms with Crippen molar-refractivity contribution >= 4 is 28.9 Å². The summed E-state index contributed by atoms with van der Waals surface area (Å²) >= 11 is 11.6. The number of hydrogen-bond acceptors (Lipinski definition) is 5. The van der Waals surface area contributed by atoms with E-state index in [0.29, 0.717) is 22.0 Å². The van der Waals surface area contributed by atoms with Gasteiger partial charge in [0.15, 0.2) is 0 Å². The van der Waals surface area contributed by atoms with E-state index in [9.17, 15) is 10.1 Å². The summed E-state index contributed by atoms with van der Waals surface area (Å²) in [6.45, 7) is 0. The number of aromatic nitrogens is 2. The van der Waals surface area contributed by atoms with Crippen LogP contribution in [-0.4, -0.2) is 15.1 Å². The predicted molar refractivity (Wildman–Crippen MR) is 81.8 cm³/mol. The van der Waals surface area contributed by atoms with Gasteiger partial charge in [0.25, 0.3) is 5.69 Å². The van der Waals surface area contributed by atoms with Crippen LogP contribution < -0.4 is 0 Å². The SMILES string of the molecule is O=[N+]([O-])c1cc(-c2nnc(-c3ccc(Cl)cc3)o2)ccc1Cl. The lowest BCUT2D eigenvalue weighted by atomic mass is 10.2. The average Bonchev–Trinajstić information content (AvgIpc) is 2.98. The second kappa shape index (κ2) is 5.75. The fraction of sp³-hybridized carbons (Fsp3) is 0. The molecule has 0 spiro atoms. The third-order valence-corrected chi connectivity index (χ3v) is 3.48. The Balaban J connectivity index is 1.99. The van der Waals surface area contributed by atoms with Gasteiger partial charge in [0.05, 0.1) is 4.92 Å². The molecule has 1 heterocycles. The van der Waals surface area contributed by atoms with Crippen LogP contribution in [0.4, 0.5) is 5.69 Å². The third-order valence-electron chi connectivity index (χ3n) is 2.91. The van der Waals surface area contributed by atoms with Gasteiger partial charge in [-0.15, -0.1) is 10.2 Å². The van der Waals surface area contributed by atoms with Crippen LogP contribution in [0.3, 0.4) is 0 Å². The number of nitrogens with zero attached hydrogens (tertiary/aromatic N) is 3. The number of hydrogen-bond donors (Lipinski definition) is 0. The highest BCUT2D eigenvalue weighted by Crippen LogP contribution is 2.31. The quantitative estimate of drug-likeness (QED) is 0.515. The standard InChI is InChI=1S/C14H7Cl2N3O3/c15-10-4-1-8(2-5-10)13-17-18-14(22-13)9-3-6-11(16)12(7-9)19(20)21/h1-7H. The van der Waals surface area contributed by atoms with Gasteiger partial charge in [-0.2, -0.15) is 0 Å². The van der Waals surface area contributed by atoms with Gasteiger partial charge in [-0.05, 0) is 36.4 Å². The Bertz CT molecular complexity index is 847. The summed E-state index contributed by atoms with van der Waals surface area (Å²) in [5.74, 6) is 0.467. The van der Waals surface area contributed by atoms with Gasteiger partial charge in [-0.1, -0.05) is 23.2 Å². The zero-order chi connectivity index (χ0) is 15.7. The van der Waals surface area contributed by atoms with E-state index in [4.69, 9.17) is 27.6 Å². The lowest BCUT2D eigenvalue weighted by Gasteiger charge is -1.98. The maximum Gasteiger partial charge on any atom is 0.288 e. The molecule has 2 aromatic carbocycles. The first kappa shape index (κ1) is 14.5. The molecule has 0 amide bonds. The van der Waals surface area contributed by atoms with Crippen molar-refractivity contribution in [2.75, 3.05) is 0 Å². The molecule has 3 rings (SSSR count). The van der Waals surface area contributed by atoms with Crippen molar-refractivity contribution in [3.8, 4) is 22.9 Å². The summed E-state index contributed by atoms with van der Waals surface area (Å²) in [7, 11) is 0. The molecule has 3 aromatic rings. The molecule has 0 saturated heterocycles. The smallest absolute Gasteiger partial charge is 0.288 e. The van der Waals surface area contributed by atoms with Crippen molar-refractivity contribution in [1.29, 1.82) is 0 Å². The van der Waals surface area contributed by atoms with E-state index in [2.05, 4.69) is 10.2 Å². The maximum atomic E-state index is 10.9. The molecule has 0 saturated carbocycles. The van der Waals surface area contributed by atoms with Crippen molar-refractivity contribution in [3.05, 3.63) is 62.6 Å². The average molecular weight is 336 g/mol. The first-order valence-electron chi connectivity index (χ1n) is 6.08. The number of benzene rings is 2. The van der Waals surface area contributed by atoms with Gasteiger partial charge in [-0.25, -0.2) is 0 Å². The van der Waals surface area contributed by atoms with Gasteiger partial charge in [0, 0.05) is 22.2 Å². The van der Waals surface area contributed by atoms with Crippen LogP contribution in [-0.2, 0) is 0 Å². The Labute approximate surface area is 134 Å². The van der Waals surface area contributed by atoms with Crippen molar-refractivity contribution in [3.63, 3.8) is 0 Å². The molecule has 0 unspecified atom stereocenters. The summed E-state index contributed by atoms with van der Waals surface area (Å²) in [5, 5.41) is 19.4. The monoisotopic (exact) mass is 335 g/mol. The molecular formula is C14H7Cl2N3O3. The Morgan fingerprint density at radius 2 is 1.55 bits per heavy atom. The van der Waals surface area contributed by atoms with E-state index in [-0.39, 0.29) is 16.6 Å². The number of nitro groups is 1. The van der Waals surface area contributed by atoms with Gasteiger partial charge < -0.3 is 4.42 Å². The van der Waals surface area contributed by atoms with E-state index >= 15 is 0 Å². The number of rotatable bonds is 3. The van der Waals surface area contributed by atoms with E-state index in [1.165, 1.54) is 12.1 Å². The molecule has 0 aliphatic carbocycles. The minimum absolute atomic E-state index is 0.0474. The maximum absolute atomic E-state index is 10.9. The van der Waals surface area contributed by atoms with Gasteiger partial charge in [0.1, 0.15) is 5.02 Å².